The Labute approximate surface area is 164 Å². The van der Waals surface area contributed by atoms with Crippen LogP contribution in [0.15, 0.2) is 54.6 Å². The second-order valence-electron chi connectivity index (χ2n) is 7.55. The zero-order chi connectivity index (χ0) is 19.5. The monoisotopic (exact) mass is 376 g/mol. The van der Waals surface area contributed by atoms with Crippen LogP contribution in [0, 0.1) is 0 Å². The third kappa shape index (κ3) is 3.84. The second-order valence-corrected chi connectivity index (χ2v) is 7.55. The lowest BCUT2D eigenvalue weighted by molar-refractivity contribution is -0.139. The minimum Gasteiger partial charge on any atom is -0.335 e. The highest BCUT2D eigenvalue weighted by molar-refractivity contribution is 6.01. The first-order valence-electron chi connectivity index (χ1n) is 9.89. The largest absolute Gasteiger partial charge is 0.335 e. The van der Waals surface area contributed by atoms with Gasteiger partial charge in [0, 0.05) is 31.0 Å². The molecule has 28 heavy (non-hydrogen) atoms. The van der Waals surface area contributed by atoms with Gasteiger partial charge in [-0.2, -0.15) is 0 Å². The zero-order valence-electron chi connectivity index (χ0n) is 15.8. The van der Waals surface area contributed by atoms with E-state index in [1.165, 1.54) is 10.5 Å². The number of nitrogens with zero attached hydrogens (tertiary/aromatic N) is 2. The Morgan fingerprint density at radius 2 is 1.57 bits per heavy atom. The molecule has 2 heterocycles. The van der Waals surface area contributed by atoms with Crippen LogP contribution in [0.3, 0.4) is 0 Å². The van der Waals surface area contributed by atoms with Gasteiger partial charge in [-0.05, 0) is 42.5 Å². The summed E-state index contributed by atoms with van der Waals surface area (Å²) in [5.41, 5.74) is 2.77. The normalized spacial score (nSPS) is 19.5. The van der Waals surface area contributed by atoms with E-state index in [0.29, 0.717) is 18.4 Å². The average molecular weight is 376 g/mol. The van der Waals surface area contributed by atoms with E-state index in [0.717, 1.165) is 31.4 Å². The maximum absolute atomic E-state index is 13.0. The van der Waals surface area contributed by atoms with E-state index in [9.17, 15) is 14.4 Å². The van der Waals surface area contributed by atoms with Crippen molar-refractivity contribution in [1.82, 2.24) is 9.80 Å². The zero-order valence-corrected chi connectivity index (χ0v) is 15.8. The first-order valence-corrected chi connectivity index (χ1v) is 9.89. The SMILES string of the molecule is O=C1CCC(=O)N1Cc1ccc(C(=O)N2CCCC2Cc2ccccc2)cc1. The van der Waals surface area contributed by atoms with Gasteiger partial charge in [-0.1, -0.05) is 42.5 Å². The number of carbonyl (C=O) groups excluding carboxylic acids is 3. The molecule has 2 saturated heterocycles. The van der Waals surface area contributed by atoms with Crippen molar-refractivity contribution in [2.75, 3.05) is 6.54 Å². The molecule has 3 amide bonds. The maximum Gasteiger partial charge on any atom is 0.254 e. The van der Waals surface area contributed by atoms with Gasteiger partial charge in [-0.3, -0.25) is 19.3 Å². The lowest BCUT2D eigenvalue weighted by atomic mass is 10.0. The van der Waals surface area contributed by atoms with Gasteiger partial charge < -0.3 is 4.90 Å². The predicted molar refractivity (Wildman–Crippen MR) is 105 cm³/mol. The van der Waals surface area contributed by atoms with E-state index in [-0.39, 0.29) is 30.3 Å². The lowest BCUT2D eigenvalue weighted by Gasteiger charge is -2.25. The first kappa shape index (κ1) is 18.4. The van der Waals surface area contributed by atoms with Crippen LogP contribution >= 0.6 is 0 Å². The third-order valence-corrected chi connectivity index (χ3v) is 5.65. The van der Waals surface area contributed by atoms with E-state index < -0.39 is 0 Å². The summed E-state index contributed by atoms with van der Waals surface area (Å²) in [6.45, 7) is 1.07. The highest BCUT2D eigenvalue weighted by Gasteiger charge is 2.30. The summed E-state index contributed by atoms with van der Waals surface area (Å²) in [6.07, 6.45) is 3.53. The van der Waals surface area contributed by atoms with E-state index >= 15 is 0 Å². The Kier molecular flexibility index (Phi) is 5.24. The second kappa shape index (κ2) is 7.97. The van der Waals surface area contributed by atoms with Crippen molar-refractivity contribution in [3.8, 4) is 0 Å². The molecule has 0 aromatic heterocycles. The van der Waals surface area contributed by atoms with Gasteiger partial charge >= 0.3 is 0 Å². The molecule has 2 fully saturated rings. The standard InChI is InChI=1S/C23H24N2O3/c26-21-12-13-22(27)25(21)16-18-8-10-19(11-9-18)23(28)24-14-4-7-20(24)15-17-5-2-1-3-6-17/h1-3,5-6,8-11,20H,4,7,12-16H2. The highest BCUT2D eigenvalue weighted by atomic mass is 16.2. The molecule has 0 radical (unpaired) electrons. The summed E-state index contributed by atoms with van der Waals surface area (Å²) in [7, 11) is 0. The molecule has 144 valence electrons. The van der Waals surface area contributed by atoms with Crippen molar-refractivity contribution in [3.63, 3.8) is 0 Å². The van der Waals surface area contributed by atoms with Crippen LogP contribution in [0.25, 0.3) is 0 Å². The first-order chi connectivity index (χ1) is 13.6. The van der Waals surface area contributed by atoms with E-state index in [4.69, 9.17) is 0 Å². The molecule has 5 nitrogen and oxygen atoms in total. The minimum absolute atomic E-state index is 0.0540. The molecule has 1 atom stereocenters. The highest BCUT2D eigenvalue weighted by Crippen LogP contribution is 2.24. The molecule has 0 aliphatic carbocycles. The average Bonchev–Trinajstić information content (AvgIpc) is 3.30. The van der Waals surface area contributed by atoms with E-state index in [2.05, 4.69) is 12.1 Å². The van der Waals surface area contributed by atoms with Crippen LogP contribution in [0.5, 0.6) is 0 Å². The fourth-order valence-corrected chi connectivity index (χ4v) is 4.10. The summed E-state index contributed by atoms with van der Waals surface area (Å²) < 4.78 is 0. The molecule has 4 rings (SSSR count). The summed E-state index contributed by atoms with van der Waals surface area (Å²) in [4.78, 5) is 39.8. The van der Waals surface area contributed by atoms with Gasteiger partial charge in [-0.15, -0.1) is 0 Å². The molecular weight excluding hydrogens is 352 g/mol. The quantitative estimate of drug-likeness (QED) is 0.753. The van der Waals surface area contributed by atoms with Gasteiger partial charge in [0.2, 0.25) is 11.8 Å². The molecule has 1 unspecified atom stereocenters. The van der Waals surface area contributed by atoms with Crippen LogP contribution < -0.4 is 0 Å². The van der Waals surface area contributed by atoms with E-state index in [1.807, 2.05) is 35.2 Å². The number of likely N-dealkylation sites (tertiary alicyclic amines) is 2. The van der Waals surface area contributed by atoms with Gasteiger partial charge in [0.1, 0.15) is 0 Å². The fourth-order valence-electron chi connectivity index (χ4n) is 4.10. The summed E-state index contributed by atoms with van der Waals surface area (Å²) >= 11 is 0. The molecule has 0 saturated carbocycles. The summed E-state index contributed by atoms with van der Waals surface area (Å²) in [5.74, 6) is -0.185. The Morgan fingerprint density at radius 1 is 0.893 bits per heavy atom. The van der Waals surface area contributed by atoms with Crippen molar-refractivity contribution >= 4 is 17.7 Å². The molecule has 0 N–H and O–H groups in total. The Morgan fingerprint density at radius 3 is 2.25 bits per heavy atom. The number of amides is 3. The van der Waals surface area contributed by atoms with E-state index in [1.54, 1.807) is 12.1 Å². The van der Waals surface area contributed by atoms with Gasteiger partial charge in [0.05, 0.1) is 6.54 Å². The lowest BCUT2D eigenvalue weighted by Crippen LogP contribution is -2.36. The topological polar surface area (TPSA) is 57.7 Å². The molecule has 2 aliphatic rings. The van der Waals surface area contributed by atoms with Gasteiger partial charge in [0.15, 0.2) is 0 Å². The Bertz CT molecular complexity index is 860. The van der Waals surface area contributed by atoms with Crippen LogP contribution in [-0.2, 0) is 22.6 Å². The number of hydrogen-bond acceptors (Lipinski definition) is 3. The molecule has 2 aliphatic heterocycles. The molecule has 2 aromatic carbocycles. The maximum atomic E-state index is 13.0. The summed E-state index contributed by atoms with van der Waals surface area (Å²) in [6, 6.07) is 17.8. The molecule has 0 bridgehead atoms. The summed E-state index contributed by atoms with van der Waals surface area (Å²) in [5, 5.41) is 0. The van der Waals surface area contributed by atoms with Crippen molar-refractivity contribution in [3.05, 3.63) is 71.3 Å². The van der Waals surface area contributed by atoms with Crippen molar-refractivity contribution in [1.29, 1.82) is 0 Å². The van der Waals surface area contributed by atoms with Crippen molar-refractivity contribution in [2.45, 2.75) is 44.7 Å². The fraction of sp³-hybridized carbons (Fsp3) is 0.348. The van der Waals surface area contributed by atoms with Gasteiger partial charge in [-0.25, -0.2) is 0 Å². The number of hydrogen-bond donors (Lipinski definition) is 0. The van der Waals surface area contributed by atoms with Crippen molar-refractivity contribution < 1.29 is 14.4 Å². The van der Waals surface area contributed by atoms with Crippen LogP contribution in [-0.4, -0.2) is 40.1 Å². The predicted octanol–water partition coefficient (Wildman–Crippen LogP) is 3.18. The van der Waals surface area contributed by atoms with Crippen LogP contribution in [0.4, 0.5) is 0 Å². The number of imide groups is 1. The number of rotatable bonds is 5. The Hall–Kier alpha value is -2.95. The van der Waals surface area contributed by atoms with Crippen molar-refractivity contribution in [2.24, 2.45) is 0 Å². The molecule has 5 heteroatoms. The van der Waals surface area contributed by atoms with Gasteiger partial charge in [0.25, 0.3) is 5.91 Å². The third-order valence-electron chi connectivity index (χ3n) is 5.65. The number of benzene rings is 2. The Balaban J connectivity index is 1.42. The smallest absolute Gasteiger partial charge is 0.254 e. The number of carbonyl (C=O) groups is 3. The minimum atomic E-state index is -0.119. The van der Waals surface area contributed by atoms with Crippen LogP contribution in [0.1, 0.15) is 47.2 Å². The molecular formula is C23H24N2O3. The molecule has 0 spiro atoms. The molecule has 2 aromatic rings. The van der Waals surface area contributed by atoms with Crippen LogP contribution in [0.2, 0.25) is 0 Å².